The Morgan fingerprint density at radius 1 is 1.47 bits per heavy atom. The first-order valence-electron chi connectivity index (χ1n) is 6.43. The van der Waals surface area contributed by atoms with Crippen molar-refractivity contribution in [2.24, 2.45) is 11.7 Å². The molecule has 1 aromatic rings. The molecule has 1 aliphatic rings. The SMILES string of the molecule is CC1CCNC(c2cnn(C(C)(C)C)c2)C1N. The largest absolute Gasteiger partial charge is 0.326 e. The van der Waals surface area contributed by atoms with Crippen LogP contribution in [0.1, 0.15) is 45.7 Å². The third-order valence-corrected chi connectivity index (χ3v) is 3.65. The molecule has 1 saturated heterocycles. The summed E-state index contributed by atoms with van der Waals surface area (Å²) in [6, 6.07) is 0.427. The first-order valence-corrected chi connectivity index (χ1v) is 6.43. The molecule has 0 spiro atoms. The summed E-state index contributed by atoms with van der Waals surface area (Å²) in [5.41, 5.74) is 7.51. The van der Waals surface area contributed by atoms with Crippen LogP contribution in [0.15, 0.2) is 12.4 Å². The molecule has 0 aromatic carbocycles. The van der Waals surface area contributed by atoms with E-state index in [1.807, 2.05) is 10.9 Å². The third kappa shape index (κ3) is 2.53. The number of nitrogens with zero attached hydrogens (tertiary/aromatic N) is 2. The highest BCUT2D eigenvalue weighted by molar-refractivity contribution is 5.15. The van der Waals surface area contributed by atoms with Gasteiger partial charge in [0.1, 0.15) is 0 Å². The standard InChI is InChI=1S/C13H24N4/c1-9-5-6-15-12(11(9)14)10-7-16-17(8-10)13(2,3)4/h7-9,11-12,15H,5-6,14H2,1-4H3. The van der Waals surface area contributed by atoms with E-state index in [0.717, 1.165) is 13.0 Å². The first kappa shape index (κ1) is 12.6. The van der Waals surface area contributed by atoms with Crippen LogP contribution in [0.3, 0.4) is 0 Å². The lowest BCUT2D eigenvalue weighted by Crippen LogP contribution is -2.47. The van der Waals surface area contributed by atoms with Crippen molar-refractivity contribution in [3.8, 4) is 0 Å². The highest BCUT2D eigenvalue weighted by Gasteiger charge is 2.29. The first-order chi connectivity index (χ1) is 7.89. The van der Waals surface area contributed by atoms with Crippen LogP contribution in [0.5, 0.6) is 0 Å². The fourth-order valence-corrected chi connectivity index (χ4v) is 2.33. The van der Waals surface area contributed by atoms with Gasteiger partial charge >= 0.3 is 0 Å². The quantitative estimate of drug-likeness (QED) is 0.779. The van der Waals surface area contributed by atoms with Crippen molar-refractivity contribution in [3.63, 3.8) is 0 Å². The van der Waals surface area contributed by atoms with E-state index in [2.05, 4.69) is 44.3 Å². The summed E-state index contributed by atoms with van der Waals surface area (Å²) in [7, 11) is 0. The minimum Gasteiger partial charge on any atom is -0.326 e. The molecule has 2 rings (SSSR count). The smallest absolute Gasteiger partial charge is 0.0543 e. The Labute approximate surface area is 104 Å². The van der Waals surface area contributed by atoms with E-state index in [-0.39, 0.29) is 17.6 Å². The normalized spacial score (nSPS) is 30.5. The minimum absolute atomic E-state index is 0.0304. The van der Waals surface area contributed by atoms with E-state index in [4.69, 9.17) is 5.73 Å². The molecule has 4 nitrogen and oxygen atoms in total. The number of hydrogen-bond donors (Lipinski definition) is 2. The van der Waals surface area contributed by atoms with E-state index in [9.17, 15) is 0 Å². The molecule has 0 saturated carbocycles. The predicted molar refractivity (Wildman–Crippen MR) is 69.7 cm³/mol. The predicted octanol–water partition coefficient (Wildman–Crippen LogP) is 1.64. The van der Waals surface area contributed by atoms with Gasteiger partial charge in [-0.05, 0) is 39.7 Å². The molecule has 96 valence electrons. The van der Waals surface area contributed by atoms with Gasteiger partial charge in [0.05, 0.1) is 17.8 Å². The number of aromatic nitrogens is 2. The minimum atomic E-state index is 0.0304. The summed E-state index contributed by atoms with van der Waals surface area (Å²) in [6.07, 6.45) is 5.22. The topological polar surface area (TPSA) is 55.9 Å². The molecule has 1 aliphatic heterocycles. The van der Waals surface area contributed by atoms with E-state index >= 15 is 0 Å². The van der Waals surface area contributed by atoms with Crippen molar-refractivity contribution in [1.29, 1.82) is 0 Å². The van der Waals surface area contributed by atoms with Gasteiger partial charge in [-0.25, -0.2) is 0 Å². The van der Waals surface area contributed by atoms with Gasteiger partial charge < -0.3 is 11.1 Å². The van der Waals surface area contributed by atoms with Crippen molar-refractivity contribution in [2.45, 2.75) is 51.7 Å². The Morgan fingerprint density at radius 3 is 2.76 bits per heavy atom. The fourth-order valence-electron chi connectivity index (χ4n) is 2.33. The highest BCUT2D eigenvalue weighted by Crippen LogP contribution is 2.26. The molecule has 3 unspecified atom stereocenters. The van der Waals surface area contributed by atoms with Crippen LogP contribution in [0.2, 0.25) is 0 Å². The van der Waals surface area contributed by atoms with Crippen molar-refractivity contribution >= 4 is 0 Å². The summed E-state index contributed by atoms with van der Waals surface area (Å²) in [4.78, 5) is 0. The lowest BCUT2D eigenvalue weighted by atomic mass is 9.86. The molecule has 17 heavy (non-hydrogen) atoms. The van der Waals surface area contributed by atoms with Crippen molar-refractivity contribution < 1.29 is 0 Å². The second-order valence-corrected chi connectivity index (χ2v) is 6.16. The maximum absolute atomic E-state index is 6.27. The van der Waals surface area contributed by atoms with Crippen LogP contribution in [-0.4, -0.2) is 22.4 Å². The average Bonchev–Trinajstić information content (AvgIpc) is 2.70. The maximum atomic E-state index is 6.27. The number of nitrogens with one attached hydrogen (secondary N) is 1. The Kier molecular flexibility index (Phi) is 3.27. The molecule has 1 fully saturated rings. The number of nitrogens with two attached hydrogens (primary N) is 1. The lowest BCUT2D eigenvalue weighted by molar-refractivity contribution is 0.274. The zero-order valence-electron chi connectivity index (χ0n) is 11.3. The fraction of sp³-hybridized carbons (Fsp3) is 0.769. The summed E-state index contributed by atoms with van der Waals surface area (Å²) >= 11 is 0. The highest BCUT2D eigenvalue weighted by atomic mass is 15.3. The van der Waals surface area contributed by atoms with Gasteiger partial charge in [0, 0.05) is 17.8 Å². The van der Waals surface area contributed by atoms with E-state index < -0.39 is 0 Å². The van der Waals surface area contributed by atoms with E-state index in [1.165, 1.54) is 5.56 Å². The maximum Gasteiger partial charge on any atom is 0.0543 e. The van der Waals surface area contributed by atoms with E-state index in [1.54, 1.807) is 0 Å². The molecule has 3 N–H and O–H groups in total. The second-order valence-electron chi connectivity index (χ2n) is 6.16. The van der Waals surface area contributed by atoms with Gasteiger partial charge in [-0.2, -0.15) is 5.10 Å². The molecular formula is C13H24N4. The molecular weight excluding hydrogens is 212 g/mol. The van der Waals surface area contributed by atoms with Crippen molar-refractivity contribution in [2.75, 3.05) is 6.54 Å². The van der Waals surface area contributed by atoms with Crippen LogP contribution in [0, 0.1) is 5.92 Å². The van der Waals surface area contributed by atoms with Crippen LogP contribution in [-0.2, 0) is 5.54 Å². The van der Waals surface area contributed by atoms with Crippen LogP contribution >= 0.6 is 0 Å². The second kappa shape index (κ2) is 4.42. The van der Waals surface area contributed by atoms with E-state index in [0.29, 0.717) is 5.92 Å². The number of rotatable bonds is 1. The Bertz CT molecular complexity index is 377. The monoisotopic (exact) mass is 236 g/mol. The number of piperidine rings is 1. The summed E-state index contributed by atoms with van der Waals surface area (Å²) in [5.74, 6) is 0.569. The molecule has 0 radical (unpaired) electrons. The summed E-state index contributed by atoms with van der Waals surface area (Å²) in [6.45, 7) is 9.73. The lowest BCUT2D eigenvalue weighted by Gasteiger charge is -2.34. The Balaban J connectivity index is 2.19. The molecule has 0 aliphatic carbocycles. The number of hydrogen-bond acceptors (Lipinski definition) is 3. The van der Waals surface area contributed by atoms with Crippen molar-refractivity contribution in [3.05, 3.63) is 18.0 Å². The summed E-state index contributed by atoms with van der Waals surface area (Å²) < 4.78 is 2.01. The average molecular weight is 236 g/mol. The molecule has 1 aromatic heterocycles. The Hall–Kier alpha value is -0.870. The molecule has 0 bridgehead atoms. The Morgan fingerprint density at radius 2 is 2.18 bits per heavy atom. The zero-order valence-corrected chi connectivity index (χ0v) is 11.3. The molecule has 4 heteroatoms. The molecule has 0 amide bonds. The van der Waals surface area contributed by atoms with Crippen molar-refractivity contribution in [1.82, 2.24) is 15.1 Å². The van der Waals surface area contributed by atoms with Gasteiger partial charge in [-0.1, -0.05) is 6.92 Å². The molecule has 3 atom stereocenters. The van der Waals surface area contributed by atoms with Gasteiger partial charge in [0.25, 0.3) is 0 Å². The third-order valence-electron chi connectivity index (χ3n) is 3.65. The van der Waals surface area contributed by atoms with Crippen LogP contribution < -0.4 is 11.1 Å². The molecule has 2 heterocycles. The van der Waals surface area contributed by atoms with Gasteiger partial charge in [-0.15, -0.1) is 0 Å². The zero-order chi connectivity index (χ0) is 12.6. The van der Waals surface area contributed by atoms with Gasteiger partial charge in [-0.3, -0.25) is 4.68 Å². The van der Waals surface area contributed by atoms with Crippen LogP contribution in [0.4, 0.5) is 0 Å². The van der Waals surface area contributed by atoms with Crippen LogP contribution in [0.25, 0.3) is 0 Å². The summed E-state index contributed by atoms with van der Waals surface area (Å²) in [5, 5.41) is 7.95. The van der Waals surface area contributed by atoms with Gasteiger partial charge in [0.2, 0.25) is 0 Å². The van der Waals surface area contributed by atoms with Gasteiger partial charge in [0.15, 0.2) is 0 Å².